The number of carbonyl (C=O) groups excluding carboxylic acids is 1. The molecule has 1 saturated heterocycles. The molecule has 0 aromatic heterocycles. The molecular weight excluding hydrogens is 314 g/mol. The van der Waals surface area contributed by atoms with Crippen molar-refractivity contribution in [2.45, 2.75) is 30.7 Å². The molecule has 1 amide bonds. The Morgan fingerprint density at radius 2 is 2.00 bits per heavy atom. The molecule has 1 aliphatic heterocycles. The lowest BCUT2D eigenvalue weighted by Gasteiger charge is -2.27. The topological polar surface area (TPSA) is 69.7 Å². The second kappa shape index (κ2) is 7.42. The van der Waals surface area contributed by atoms with E-state index in [-0.39, 0.29) is 10.8 Å². The first-order valence-corrected chi connectivity index (χ1v) is 9.30. The minimum Gasteiger partial charge on any atom is -0.343 e. The smallest absolute Gasteiger partial charge is 0.243 e. The Hall–Kier alpha value is -1.44. The highest BCUT2D eigenvalue weighted by Crippen LogP contribution is 2.27. The van der Waals surface area contributed by atoms with Gasteiger partial charge in [0.1, 0.15) is 6.04 Å². The Balaban J connectivity index is 2.20. The first-order chi connectivity index (χ1) is 10.9. The molecule has 1 unspecified atom stereocenters. The van der Waals surface area contributed by atoms with E-state index in [1.807, 2.05) is 14.0 Å². The van der Waals surface area contributed by atoms with Crippen LogP contribution in [0.4, 0.5) is 0 Å². The van der Waals surface area contributed by atoms with Gasteiger partial charge in [0.05, 0.1) is 4.90 Å². The van der Waals surface area contributed by atoms with E-state index >= 15 is 0 Å². The number of rotatable bonds is 6. The summed E-state index contributed by atoms with van der Waals surface area (Å²) in [7, 11) is -0.0951. The van der Waals surface area contributed by atoms with Crippen LogP contribution >= 0.6 is 0 Å². The first kappa shape index (κ1) is 17.9. The molecule has 0 bridgehead atoms. The van der Waals surface area contributed by atoms with Gasteiger partial charge in [0.2, 0.25) is 15.9 Å². The zero-order valence-corrected chi connectivity index (χ0v) is 14.8. The summed E-state index contributed by atoms with van der Waals surface area (Å²) in [6, 6.07) is 6.17. The molecule has 128 valence electrons. The molecule has 2 rings (SSSR count). The summed E-state index contributed by atoms with van der Waals surface area (Å²) in [6.45, 7) is 3.55. The van der Waals surface area contributed by atoms with Crippen molar-refractivity contribution >= 4 is 15.9 Å². The molecule has 0 radical (unpaired) electrons. The number of nitrogens with zero attached hydrogens (tertiary/aromatic N) is 2. The van der Waals surface area contributed by atoms with Gasteiger partial charge in [-0.15, -0.1) is 0 Å². The van der Waals surface area contributed by atoms with E-state index in [2.05, 4.69) is 5.32 Å². The molecule has 1 aromatic carbocycles. The van der Waals surface area contributed by atoms with Gasteiger partial charge in [-0.1, -0.05) is 17.7 Å². The van der Waals surface area contributed by atoms with Gasteiger partial charge in [-0.3, -0.25) is 4.79 Å². The third kappa shape index (κ3) is 3.91. The number of carbonyl (C=O) groups is 1. The predicted molar refractivity (Wildman–Crippen MR) is 89.7 cm³/mol. The summed E-state index contributed by atoms with van der Waals surface area (Å²) >= 11 is 0. The first-order valence-electron chi connectivity index (χ1n) is 7.86. The molecule has 1 heterocycles. The number of nitrogens with one attached hydrogen (secondary N) is 1. The van der Waals surface area contributed by atoms with Crippen molar-refractivity contribution in [1.29, 1.82) is 0 Å². The molecule has 1 N–H and O–H groups in total. The zero-order chi connectivity index (χ0) is 17.0. The van der Waals surface area contributed by atoms with Crippen LogP contribution in [0.1, 0.15) is 18.4 Å². The molecular formula is C16H25N3O3S. The van der Waals surface area contributed by atoms with Crippen molar-refractivity contribution in [2.75, 3.05) is 33.7 Å². The van der Waals surface area contributed by atoms with Gasteiger partial charge in [-0.25, -0.2) is 8.42 Å². The van der Waals surface area contributed by atoms with Crippen LogP contribution in [0, 0.1) is 6.92 Å². The van der Waals surface area contributed by atoms with E-state index < -0.39 is 16.1 Å². The number of hydrogen-bond donors (Lipinski definition) is 1. The summed E-state index contributed by atoms with van der Waals surface area (Å²) < 4.78 is 27.0. The van der Waals surface area contributed by atoms with Crippen molar-refractivity contribution in [3.63, 3.8) is 0 Å². The SMILES string of the molecule is CNCCN(C)C(=O)C1CCCN1S(=O)(=O)c1ccc(C)cc1. The van der Waals surface area contributed by atoms with Crippen LogP contribution in [0.15, 0.2) is 29.2 Å². The molecule has 0 spiro atoms. The second-order valence-electron chi connectivity index (χ2n) is 5.95. The largest absolute Gasteiger partial charge is 0.343 e. The fourth-order valence-electron chi connectivity index (χ4n) is 2.76. The van der Waals surface area contributed by atoms with E-state index in [1.54, 1.807) is 36.2 Å². The Labute approximate surface area is 138 Å². The van der Waals surface area contributed by atoms with Gasteiger partial charge in [0.25, 0.3) is 0 Å². The fraction of sp³-hybridized carbons (Fsp3) is 0.562. The highest BCUT2D eigenvalue weighted by molar-refractivity contribution is 7.89. The average molecular weight is 339 g/mol. The molecule has 1 aromatic rings. The van der Waals surface area contributed by atoms with Crippen molar-refractivity contribution < 1.29 is 13.2 Å². The van der Waals surface area contributed by atoms with Gasteiger partial charge in [0.15, 0.2) is 0 Å². The minimum absolute atomic E-state index is 0.131. The van der Waals surface area contributed by atoms with Crippen molar-refractivity contribution in [1.82, 2.24) is 14.5 Å². The van der Waals surface area contributed by atoms with Gasteiger partial charge in [-0.05, 0) is 38.9 Å². The zero-order valence-electron chi connectivity index (χ0n) is 13.9. The van der Waals surface area contributed by atoms with Crippen molar-refractivity contribution in [3.8, 4) is 0 Å². The molecule has 1 atom stereocenters. The molecule has 1 aliphatic rings. The number of amides is 1. The van der Waals surface area contributed by atoms with E-state index in [9.17, 15) is 13.2 Å². The van der Waals surface area contributed by atoms with Crippen LogP contribution in [0.2, 0.25) is 0 Å². The van der Waals surface area contributed by atoms with Crippen molar-refractivity contribution in [3.05, 3.63) is 29.8 Å². The number of likely N-dealkylation sites (N-methyl/N-ethyl adjacent to an activating group) is 2. The van der Waals surface area contributed by atoms with Crippen LogP contribution in [0.3, 0.4) is 0 Å². The van der Waals surface area contributed by atoms with E-state index in [4.69, 9.17) is 0 Å². The summed E-state index contributed by atoms with van der Waals surface area (Å²) in [5.74, 6) is -0.131. The van der Waals surface area contributed by atoms with Gasteiger partial charge < -0.3 is 10.2 Å². The van der Waals surface area contributed by atoms with Crippen LogP contribution in [-0.4, -0.2) is 63.3 Å². The number of aryl methyl sites for hydroxylation is 1. The number of sulfonamides is 1. The lowest BCUT2D eigenvalue weighted by atomic mass is 10.2. The Bertz CT molecular complexity index is 643. The van der Waals surface area contributed by atoms with Crippen LogP contribution < -0.4 is 5.32 Å². The maximum atomic E-state index is 12.8. The van der Waals surface area contributed by atoms with Gasteiger partial charge >= 0.3 is 0 Å². The highest BCUT2D eigenvalue weighted by atomic mass is 32.2. The maximum Gasteiger partial charge on any atom is 0.243 e. The molecule has 0 aliphatic carbocycles. The van der Waals surface area contributed by atoms with Gasteiger partial charge in [-0.2, -0.15) is 4.31 Å². The molecule has 0 saturated carbocycles. The fourth-order valence-corrected chi connectivity index (χ4v) is 4.42. The monoisotopic (exact) mass is 339 g/mol. The Morgan fingerprint density at radius 3 is 2.61 bits per heavy atom. The average Bonchev–Trinajstić information content (AvgIpc) is 3.02. The van der Waals surface area contributed by atoms with E-state index in [1.165, 1.54) is 4.31 Å². The normalized spacial score (nSPS) is 19.0. The lowest BCUT2D eigenvalue weighted by molar-refractivity contribution is -0.133. The standard InChI is InChI=1S/C16H25N3O3S/c1-13-6-8-14(9-7-13)23(21,22)19-11-4-5-15(19)16(20)18(3)12-10-17-2/h6-9,15,17H,4-5,10-12H2,1-3H3. The van der Waals surface area contributed by atoms with Crippen molar-refractivity contribution in [2.24, 2.45) is 0 Å². The molecule has 6 nitrogen and oxygen atoms in total. The quantitative estimate of drug-likeness (QED) is 0.833. The summed E-state index contributed by atoms with van der Waals surface area (Å²) in [5, 5.41) is 2.99. The number of hydrogen-bond acceptors (Lipinski definition) is 4. The summed E-state index contributed by atoms with van der Waals surface area (Å²) in [6.07, 6.45) is 1.29. The lowest BCUT2D eigenvalue weighted by Crippen LogP contribution is -2.47. The van der Waals surface area contributed by atoms with Crippen LogP contribution in [-0.2, 0) is 14.8 Å². The molecule has 1 fully saturated rings. The van der Waals surface area contributed by atoms with E-state index in [0.717, 1.165) is 5.56 Å². The maximum absolute atomic E-state index is 12.8. The van der Waals surface area contributed by atoms with Crippen LogP contribution in [0.25, 0.3) is 0 Å². The third-order valence-corrected chi connectivity index (χ3v) is 6.11. The second-order valence-corrected chi connectivity index (χ2v) is 7.84. The Morgan fingerprint density at radius 1 is 1.35 bits per heavy atom. The number of benzene rings is 1. The molecule has 7 heteroatoms. The minimum atomic E-state index is -3.63. The molecule has 23 heavy (non-hydrogen) atoms. The summed E-state index contributed by atoms with van der Waals surface area (Å²) in [4.78, 5) is 14.4. The highest BCUT2D eigenvalue weighted by Gasteiger charge is 2.40. The summed E-state index contributed by atoms with van der Waals surface area (Å²) in [5.41, 5.74) is 1.00. The van der Waals surface area contributed by atoms with Crippen LogP contribution in [0.5, 0.6) is 0 Å². The van der Waals surface area contributed by atoms with Gasteiger partial charge in [0, 0.05) is 26.7 Å². The Kier molecular flexibility index (Phi) is 5.78. The third-order valence-electron chi connectivity index (χ3n) is 4.19. The van der Waals surface area contributed by atoms with E-state index in [0.29, 0.717) is 32.5 Å². The predicted octanol–water partition coefficient (Wildman–Crippen LogP) is 0.826.